The second-order valence-corrected chi connectivity index (χ2v) is 11.7. The molecule has 0 saturated heterocycles. The summed E-state index contributed by atoms with van der Waals surface area (Å²) in [5, 5.41) is 0. The Kier molecular flexibility index (Phi) is 6.84. The number of rotatable bonds is 8. The van der Waals surface area contributed by atoms with Crippen molar-refractivity contribution in [2.24, 2.45) is 34.5 Å². The quantitative estimate of drug-likeness (QED) is 0.294. The zero-order valence-corrected chi connectivity index (χ0v) is 20.0. The van der Waals surface area contributed by atoms with Crippen molar-refractivity contribution in [3.8, 4) is 0 Å². The van der Waals surface area contributed by atoms with Gasteiger partial charge in [-0.05, 0) is 92.3 Å². The fraction of sp³-hybridized carbons (Fsp3) is 0.929. The maximum absolute atomic E-state index is 5.75. The van der Waals surface area contributed by atoms with E-state index in [2.05, 4.69) is 26.8 Å². The van der Waals surface area contributed by atoms with Crippen LogP contribution in [0, 0.1) is 34.5 Å². The van der Waals surface area contributed by atoms with Gasteiger partial charge in [-0.2, -0.15) is 0 Å². The van der Waals surface area contributed by atoms with Gasteiger partial charge in [0.15, 0.2) is 0 Å². The first kappa shape index (κ1) is 21.9. The van der Waals surface area contributed by atoms with Crippen LogP contribution in [0.1, 0.15) is 117 Å². The maximum Gasteiger partial charge on any atom is 0.0608 e. The van der Waals surface area contributed by atoms with Crippen molar-refractivity contribution in [2.75, 3.05) is 7.11 Å². The molecule has 7 unspecified atom stereocenters. The lowest BCUT2D eigenvalue weighted by atomic mass is 9.47. The number of allylic oxidation sites excluding steroid dienone is 1. The van der Waals surface area contributed by atoms with Gasteiger partial charge in [0.2, 0.25) is 0 Å². The lowest BCUT2D eigenvalue weighted by molar-refractivity contribution is -0.0542. The predicted molar refractivity (Wildman–Crippen MR) is 124 cm³/mol. The van der Waals surface area contributed by atoms with Crippen molar-refractivity contribution < 1.29 is 4.74 Å². The molecular formula is C28H48O. The highest BCUT2D eigenvalue weighted by atomic mass is 16.5. The predicted octanol–water partition coefficient (Wildman–Crippen LogP) is 8.33. The van der Waals surface area contributed by atoms with Crippen LogP contribution in [0.25, 0.3) is 0 Å². The van der Waals surface area contributed by atoms with E-state index in [9.17, 15) is 0 Å². The zero-order valence-electron chi connectivity index (χ0n) is 20.0. The van der Waals surface area contributed by atoms with Gasteiger partial charge in [-0.25, -0.2) is 0 Å². The molecule has 0 bridgehead atoms. The molecule has 0 heterocycles. The topological polar surface area (TPSA) is 9.23 Å². The number of fused-ring (bicyclic) bond motifs is 5. The summed E-state index contributed by atoms with van der Waals surface area (Å²) in [4.78, 5) is 0. The summed E-state index contributed by atoms with van der Waals surface area (Å²) < 4.78 is 5.75. The summed E-state index contributed by atoms with van der Waals surface area (Å²) in [5.41, 5.74) is 2.90. The summed E-state index contributed by atoms with van der Waals surface area (Å²) in [7, 11) is 1.91. The minimum Gasteiger partial charge on any atom is -0.381 e. The Morgan fingerprint density at radius 2 is 1.72 bits per heavy atom. The van der Waals surface area contributed by atoms with E-state index in [0.29, 0.717) is 16.9 Å². The lowest BCUT2D eigenvalue weighted by Gasteiger charge is -2.58. The number of methoxy groups -OCH3 is 1. The highest BCUT2D eigenvalue weighted by molar-refractivity contribution is 5.25. The number of hydrogen-bond donors (Lipinski definition) is 0. The Bertz CT molecular complexity index is 579. The Hall–Kier alpha value is -0.300. The third-order valence-corrected chi connectivity index (χ3v) is 10.5. The summed E-state index contributed by atoms with van der Waals surface area (Å²) in [6.45, 7) is 7.67. The standard InChI is InChI=1S/C28H48O/c1-5-6-7-8-9-10-11-21-13-15-25-24-14-12-22-20-23(29-4)16-18-28(22,3)26(24)17-19-27(21,25)2/h12,21,23-26H,5-11,13-20H2,1-4H3. The number of hydrogen-bond acceptors (Lipinski definition) is 1. The molecule has 29 heavy (non-hydrogen) atoms. The minimum atomic E-state index is 0.480. The Balaban J connectivity index is 1.39. The van der Waals surface area contributed by atoms with Crippen molar-refractivity contribution in [3.05, 3.63) is 11.6 Å². The molecule has 0 spiro atoms. The molecule has 166 valence electrons. The fourth-order valence-corrected chi connectivity index (χ4v) is 8.58. The van der Waals surface area contributed by atoms with Crippen LogP contribution in [-0.2, 0) is 4.74 Å². The fourth-order valence-electron chi connectivity index (χ4n) is 8.58. The first-order valence-corrected chi connectivity index (χ1v) is 13.2. The third kappa shape index (κ3) is 3.99. The lowest BCUT2D eigenvalue weighted by Crippen LogP contribution is -2.50. The SMILES string of the molecule is CCCCCCCCC1CCC2C3CC=C4CC(OC)CCC4(C)C3CCC12C. The first-order valence-electron chi connectivity index (χ1n) is 13.2. The highest BCUT2D eigenvalue weighted by Crippen LogP contribution is 2.66. The molecule has 0 N–H and O–H groups in total. The minimum absolute atomic E-state index is 0.480. The molecular weight excluding hydrogens is 352 g/mol. The van der Waals surface area contributed by atoms with E-state index in [-0.39, 0.29) is 0 Å². The third-order valence-electron chi connectivity index (χ3n) is 10.5. The van der Waals surface area contributed by atoms with Gasteiger partial charge >= 0.3 is 0 Å². The first-order chi connectivity index (χ1) is 14.0. The van der Waals surface area contributed by atoms with Gasteiger partial charge < -0.3 is 4.74 Å². The molecule has 0 amide bonds. The normalized spacial score (nSPS) is 44.0. The smallest absolute Gasteiger partial charge is 0.0608 e. The van der Waals surface area contributed by atoms with E-state index in [1.54, 1.807) is 5.57 Å². The molecule has 1 heteroatoms. The van der Waals surface area contributed by atoms with Crippen LogP contribution in [0.4, 0.5) is 0 Å². The van der Waals surface area contributed by atoms with Crippen LogP contribution in [0.5, 0.6) is 0 Å². The van der Waals surface area contributed by atoms with Crippen LogP contribution >= 0.6 is 0 Å². The Labute approximate surface area is 181 Å². The molecule has 1 nitrogen and oxygen atoms in total. The monoisotopic (exact) mass is 400 g/mol. The van der Waals surface area contributed by atoms with Crippen LogP contribution in [0.3, 0.4) is 0 Å². The summed E-state index contributed by atoms with van der Waals surface area (Å²) in [5.74, 6) is 3.94. The Morgan fingerprint density at radius 3 is 2.52 bits per heavy atom. The summed E-state index contributed by atoms with van der Waals surface area (Å²) in [6, 6.07) is 0. The second-order valence-electron chi connectivity index (χ2n) is 11.7. The summed E-state index contributed by atoms with van der Waals surface area (Å²) >= 11 is 0. The van der Waals surface area contributed by atoms with E-state index >= 15 is 0 Å². The van der Waals surface area contributed by atoms with Gasteiger partial charge in [-0.15, -0.1) is 0 Å². The number of ether oxygens (including phenoxy) is 1. The molecule has 3 fully saturated rings. The van der Waals surface area contributed by atoms with Gasteiger partial charge in [-0.3, -0.25) is 0 Å². The zero-order chi connectivity index (χ0) is 20.5. The van der Waals surface area contributed by atoms with Gasteiger partial charge in [0, 0.05) is 7.11 Å². The van der Waals surface area contributed by atoms with E-state index in [1.165, 1.54) is 96.3 Å². The molecule has 0 radical (unpaired) electrons. The van der Waals surface area contributed by atoms with Crippen LogP contribution < -0.4 is 0 Å². The van der Waals surface area contributed by atoms with Crippen LogP contribution in [-0.4, -0.2) is 13.2 Å². The number of unbranched alkanes of at least 4 members (excludes halogenated alkanes) is 5. The molecule has 4 rings (SSSR count). The molecule has 0 aromatic rings. The second kappa shape index (κ2) is 9.05. The van der Waals surface area contributed by atoms with Crippen molar-refractivity contribution in [1.29, 1.82) is 0 Å². The molecule has 0 aliphatic heterocycles. The van der Waals surface area contributed by atoms with Crippen LogP contribution in [0.2, 0.25) is 0 Å². The van der Waals surface area contributed by atoms with Crippen molar-refractivity contribution >= 4 is 0 Å². The summed E-state index contributed by atoms with van der Waals surface area (Å²) in [6.07, 6.45) is 24.7. The van der Waals surface area contributed by atoms with Gasteiger partial charge in [0.25, 0.3) is 0 Å². The molecule has 4 aliphatic rings. The largest absolute Gasteiger partial charge is 0.381 e. The average Bonchev–Trinajstić information content (AvgIpc) is 3.06. The van der Waals surface area contributed by atoms with Crippen molar-refractivity contribution in [1.82, 2.24) is 0 Å². The molecule has 4 aliphatic carbocycles. The van der Waals surface area contributed by atoms with Gasteiger partial charge in [0.1, 0.15) is 0 Å². The maximum atomic E-state index is 5.75. The molecule has 7 atom stereocenters. The van der Waals surface area contributed by atoms with Crippen molar-refractivity contribution in [2.45, 2.75) is 123 Å². The van der Waals surface area contributed by atoms with Gasteiger partial charge in [-0.1, -0.05) is 70.9 Å². The van der Waals surface area contributed by atoms with E-state index < -0.39 is 0 Å². The van der Waals surface area contributed by atoms with E-state index in [4.69, 9.17) is 4.74 Å². The van der Waals surface area contributed by atoms with E-state index in [1.807, 2.05) is 7.11 Å². The Morgan fingerprint density at radius 1 is 0.931 bits per heavy atom. The van der Waals surface area contributed by atoms with E-state index in [0.717, 1.165) is 23.7 Å². The molecule has 3 saturated carbocycles. The van der Waals surface area contributed by atoms with Crippen molar-refractivity contribution in [3.63, 3.8) is 0 Å². The molecule has 0 aromatic heterocycles. The van der Waals surface area contributed by atoms with Gasteiger partial charge in [0.05, 0.1) is 6.10 Å². The highest BCUT2D eigenvalue weighted by Gasteiger charge is 2.58. The molecule has 0 aromatic carbocycles. The van der Waals surface area contributed by atoms with Crippen LogP contribution in [0.15, 0.2) is 11.6 Å². The average molecular weight is 401 g/mol.